The highest BCUT2D eigenvalue weighted by Gasteiger charge is 2.44. The molecule has 186 valence electrons. The Kier molecular flexibility index (Phi) is 9.07. The van der Waals surface area contributed by atoms with Crippen LogP contribution in [0.4, 0.5) is 5.69 Å². The minimum Gasteiger partial charge on any atom is -0.480 e. The topological polar surface area (TPSA) is 97.8 Å². The number of carboxylic acid groups (broad SMARTS) is 1. The Balaban J connectivity index is 2.71. The average Bonchev–Trinajstić information content (AvgIpc) is 2.76. The molecule has 0 amide bonds. The molecule has 0 aliphatic carbocycles. The maximum Gasteiger partial charge on any atom is 0.323 e. The molecule has 7 heteroatoms. The fraction of sp³-hybridized carbons (Fsp3) is 0.519. The van der Waals surface area contributed by atoms with Crippen molar-refractivity contribution in [1.29, 1.82) is 0 Å². The molecule has 2 rings (SSSR count). The molecule has 1 aromatic heterocycles. The van der Waals surface area contributed by atoms with Gasteiger partial charge >= 0.3 is 11.9 Å². The van der Waals surface area contributed by atoms with Gasteiger partial charge in [-0.1, -0.05) is 31.5 Å². The summed E-state index contributed by atoms with van der Waals surface area (Å²) >= 11 is 0. The van der Waals surface area contributed by atoms with Crippen LogP contribution in [0, 0.1) is 33.1 Å². The van der Waals surface area contributed by atoms with E-state index in [1.807, 2.05) is 45.9 Å². The van der Waals surface area contributed by atoms with Gasteiger partial charge < -0.3 is 19.9 Å². The molecule has 2 aromatic rings. The Morgan fingerprint density at radius 2 is 1.65 bits per heavy atom. The maximum absolute atomic E-state index is 12.8. The molecule has 0 fully saturated rings. The summed E-state index contributed by atoms with van der Waals surface area (Å²) in [5.41, 5.74) is 3.21. The van der Waals surface area contributed by atoms with Crippen molar-refractivity contribution in [3.05, 3.63) is 46.1 Å². The number of anilines is 1. The fourth-order valence-corrected chi connectivity index (χ4v) is 4.07. The molecule has 0 radical (unpaired) electrons. The molecule has 0 saturated carbocycles. The Morgan fingerprint density at radius 1 is 1.06 bits per heavy atom. The van der Waals surface area contributed by atoms with E-state index in [1.54, 1.807) is 6.92 Å². The lowest BCUT2D eigenvalue weighted by Crippen LogP contribution is -2.40. The Bertz CT molecular complexity index is 1020. The number of ether oxygens (including phenoxy) is 2. The van der Waals surface area contributed by atoms with E-state index >= 15 is 0 Å². The first-order chi connectivity index (χ1) is 16.0. The van der Waals surface area contributed by atoms with Crippen molar-refractivity contribution >= 4 is 17.6 Å². The standard InChI is InChI=1S/C27H38N2O5/c1-9-20(10-2)29-22-14-19(7)28-24(34-23-17(5)12-16(4)13-18(23)6)21(22)15-27(8,25(30)31)26(32)33-11-3/h12-14,20H,9-11,15H2,1-8H3,(H,28,29)(H,30,31). The van der Waals surface area contributed by atoms with Crippen LogP contribution in [0.5, 0.6) is 11.6 Å². The summed E-state index contributed by atoms with van der Waals surface area (Å²) in [7, 11) is 0. The third-order valence-electron chi connectivity index (χ3n) is 6.09. The van der Waals surface area contributed by atoms with Gasteiger partial charge in [0.2, 0.25) is 5.88 Å². The van der Waals surface area contributed by atoms with E-state index in [0.29, 0.717) is 17.2 Å². The zero-order valence-electron chi connectivity index (χ0n) is 21.7. The van der Waals surface area contributed by atoms with Gasteiger partial charge in [-0.05, 0) is 71.6 Å². The number of hydrogen-bond donors (Lipinski definition) is 2. The largest absolute Gasteiger partial charge is 0.480 e. The number of carbonyl (C=O) groups excluding carboxylic acids is 1. The summed E-state index contributed by atoms with van der Waals surface area (Å²) < 4.78 is 11.5. The lowest BCUT2D eigenvalue weighted by Gasteiger charge is -2.27. The second kappa shape index (κ2) is 11.4. The molecular formula is C27H38N2O5. The smallest absolute Gasteiger partial charge is 0.323 e. The predicted octanol–water partition coefficient (Wildman–Crippen LogP) is 5.90. The van der Waals surface area contributed by atoms with E-state index in [9.17, 15) is 14.7 Å². The Labute approximate surface area is 202 Å². The highest BCUT2D eigenvalue weighted by molar-refractivity contribution is 5.99. The van der Waals surface area contributed by atoms with Crippen molar-refractivity contribution in [2.75, 3.05) is 11.9 Å². The van der Waals surface area contributed by atoms with Gasteiger partial charge in [-0.3, -0.25) is 9.59 Å². The summed E-state index contributed by atoms with van der Waals surface area (Å²) in [6.45, 7) is 15.1. The molecule has 2 N–H and O–H groups in total. The third kappa shape index (κ3) is 6.07. The average molecular weight is 471 g/mol. The molecule has 1 atom stereocenters. The second-order valence-corrected chi connectivity index (χ2v) is 9.12. The van der Waals surface area contributed by atoms with Crippen molar-refractivity contribution in [1.82, 2.24) is 4.98 Å². The van der Waals surface area contributed by atoms with Gasteiger partial charge in [0, 0.05) is 29.4 Å². The molecule has 0 aliphatic heterocycles. The lowest BCUT2D eigenvalue weighted by atomic mass is 9.83. The Hall–Kier alpha value is -3.09. The van der Waals surface area contributed by atoms with Crippen LogP contribution in [0.25, 0.3) is 0 Å². The highest BCUT2D eigenvalue weighted by Crippen LogP contribution is 2.38. The second-order valence-electron chi connectivity index (χ2n) is 9.12. The molecule has 0 saturated heterocycles. The highest BCUT2D eigenvalue weighted by atomic mass is 16.5. The SMILES string of the molecule is CCOC(=O)C(C)(Cc1c(NC(CC)CC)cc(C)nc1Oc1c(C)cc(C)cc1C)C(=O)O. The fourth-order valence-electron chi connectivity index (χ4n) is 4.07. The first kappa shape index (κ1) is 27.2. The number of aryl methyl sites for hydroxylation is 4. The predicted molar refractivity (Wildman–Crippen MR) is 134 cm³/mol. The van der Waals surface area contributed by atoms with Gasteiger partial charge in [0.05, 0.1) is 6.61 Å². The monoisotopic (exact) mass is 470 g/mol. The molecular weight excluding hydrogens is 432 g/mol. The molecule has 0 aliphatic rings. The van der Waals surface area contributed by atoms with E-state index in [1.165, 1.54) is 6.92 Å². The van der Waals surface area contributed by atoms with Gasteiger partial charge in [0.1, 0.15) is 5.75 Å². The van der Waals surface area contributed by atoms with E-state index in [-0.39, 0.29) is 19.1 Å². The molecule has 7 nitrogen and oxygen atoms in total. The Morgan fingerprint density at radius 3 is 2.15 bits per heavy atom. The van der Waals surface area contributed by atoms with Crippen molar-refractivity contribution < 1.29 is 24.2 Å². The van der Waals surface area contributed by atoms with Gasteiger partial charge in [-0.25, -0.2) is 4.98 Å². The number of carbonyl (C=O) groups is 2. The van der Waals surface area contributed by atoms with Crippen LogP contribution in [0.15, 0.2) is 18.2 Å². The summed E-state index contributed by atoms with van der Waals surface area (Å²) in [5.74, 6) is -1.08. The number of benzene rings is 1. The third-order valence-corrected chi connectivity index (χ3v) is 6.09. The van der Waals surface area contributed by atoms with E-state index in [4.69, 9.17) is 9.47 Å². The molecule has 1 heterocycles. The molecule has 1 unspecified atom stereocenters. The number of aliphatic carboxylic acids is 1. The van der Waals surface area contributed by atoms with Crippen molar-refractivity contribution in [3.63, 3.8) is 0 Å². The van der Waals surface area contributed by atoms with Crippen LogP contribution in [0.1, 0.15) is 68.5 Å². The minimum absolute atomic E-state index is 0.0951. The minimum atomic E-state index is -1.80. The van der Waals surface area contributed by atoms with Gasteiger partial charge in [0.15, 0.2) is 5.41 Å². The van der Waals surface area contributed by atoms with Crippen LogP contribution in [0.2, 0.25) is 0 Å². The first-order valence-electron chi connectivity index (χ1n) is 11.9. The normalized spacial score (nSPS) is 12.9. The number of aromatic nitrogens is 1. The van der Waals surface area contributed by atoms with Crippen LogP contribution >= 0.6 is 0 Å². The van der Waals surface area contributed by atoms with E-state index in [2.05, 4.69) is 24.1 Å². The number of nitrogens with zero attached hydrogens (tertiary/aromatic N) is 1. The van der Waals surface area contributed by atoms with E-state index < -0.39 is 17.4 Å². The zero-order chi connectivity index (χ0) is 25.6. The molecule has 0 bridgehead atoms. The van der Waals surface area contributed by atoms with Gasteiger partial charge in [-0.2, -0.15) is 0 Å². The summed E-state index contributed by atoms with van der Waals surface area (Å²) in [5, 5.41) is 13.5. The first-order valence-corrected chi connectivity index (χ1v) is 11.9. The number of nitrogens with one attached hydrogen (secondary N) is 1. The zero-order valence-corrected chi connectivity index (χ0v) is 21.7. The van der Waals surface area contributed by atoms with Crippen molar-refractivity contribution in [2.45, 2.75) is 80.7 Å². The number of esters is 1. The van der Waals surface area contributed by atoms with E-state index in [0.717, 1.165) is 40.9 Å². The number of hydrogen-bond acceptors (Lipinski definition) is 6. The van der Waals surface area contributed by atoms with Gasteiger partial charge in [0.25, 0.3) is 0 Å². The number of carboxylic acids is 1. The summed E-state index contributed by atoms with van der Waals surface area (Å²) in [4.78, 5) is 29.7. The summed E-state index contributed by atoms with van der Waals surface area (Å²) in [6, 6.07) is 6.11. The summed E-state index contributed by atoms with van der Waals surface area (Å²) in [6.07, 6.45) is 1.64. The van der Waals surface area contributed by atoms with Crippen LogP contribution < -0.4 is 10.1 Å². The lowest BCUT2D eigenvalue weighted by molar-refractivity contribution is -0.167. The molecule has 1 aromatic carbocycles. The molecule has 34 heavy (non-hydrogen) atoms. The van der Waals surface area contributed by atoms with Crippen LogP contribution in [-0.2, 0) is 20.7 Å². The van der Waals surface area contributed by atoms with Crippen molar-refractivity contribution in [2.24, 2.45) is 5.41 Å². The number of pyridine rings is 1. The van der Waals surface area contributed by atoms with Crippen molar-refractivity contribution in [3.8, 4) is 11.6 Å². The molecule has 0 spiro atoms. The number of rotatable bonds is 11. The van der Waals surface area contributed by atoms with Gasteiger partial charge in [-0.15, -0.1) is 0 Å². The maximum atomic E-state index is 12.8. The van der Waals surface area contributed by atoms with Crippen LogP contribution in [0.3, 0.4) is 0 Å². The quantitative estimate of drug-likeness (QED) is 0.311. The van der Waals surface area contributed by atoms with Crippen LogP contribution in [-0.4, -0.2) is 34.7 Å².